The highest BCUT2D eigenvalue weighted by atomic mass is 16.6. The maximum absolute atomic E-state index is 11.7. The van der Waals surface area contributed by atoms with Gasteiger partial charge in [-0.2, -0.15) is 0 Å². The van der Waals surface area contributed by atoms with Gasteiger partial charge in [0, 0.05) is 19.3 Å². The number of carbonyl (C=O) groups excluding carboxylic acids is 2. The minimum atomic E-state index is -0.358. The van der Waals surface area contributed by atoms with Crippen molar-refractivity contribution >= 4 is 11.9 Å². The highest BCUT2D eigenvalue weighted by Gasteiger charge is 2.71. The third kappa shape index (κ3) is 3.26. The van der Waals surface area contributed by atoms with Gasteiger partial charge in [-0.3, -0.25) is 9.59 Å². The Hall–Kier alpha value is -1.88. The maximum atomic E-state index is 11.7. The van der Waals surface area contributed by atoms with E-state index in [-0.39, 0.29) is 28.4 Å². The molecule has 1 aliphatic heterocycles. The average molecular weight is 415 g/mol. The third-order valence-corrected chi connectivity index (χ3v) is 8.70. The van der Waals surface area contributed by atoms with Crippen LogP contribution >= 0.6 is 0 Å². The standard InChI is InChI=1S/C25H34O5/c1-15-11-12-24(5)21(9-10-22-25(24,6)30-22)23(15,4)14-18-13-19(28-16(2)26)7-8-20(18)29-17(3)27/h7-8,13,15,21-22H,9-12,14H2,1-6H3/t15-,21-,22-,23-,24-,25+/m1/s1. The van der Waals surface area contributed by atoms with Crippen LogP contribution in [0.25, 0.3) is 0 Å². The van der Waals surface area contributed by atoms with Crippen molar-refractivity contribution in [2.24, 2.45) is 22.7 Å². The molecule has 164 valence electrons. The van der Waals surface area contributed by atoms with Crippen LogP contribution in [0, 0.1) is 22.7 Å². The Morgan fingerprint density at radius 2 is 1.77 bits per heavy atom. The molecule has 1 aromatic carbocycles. The minimum Gasteiger partial charge on any atom is -0.427 e. The Bertz CT molecular complexity index is 878. The molecule has 0 spiro atoms. The molecule has 2 saturated carbocycles. The zero-order valence-electron chi connectivity index (χ0n) is 19.0. The van der Waals surface area contributed by atoms with E-state index in [1.807, 2.05) is 6.07 Å². The maximum Gasteiger partial charge on any atom is 0.308 e. The number of epoxide rings is 1. The van der Waals surface area contributed by atoms with Crippen LogP contribution in [-0.2, 0) is 20.7 Å². The number of carbonyl (C=O) groups is 2. The molecule has 3 aliphatic rings. The lowest BCUT2D eigenvalue weighted by atomic mass is 9.44. The van der Waals surface area contributed by atoms with E-state index >= 15 is 0 Å². The molecule has 4 rings (SSSR count). The van der Waals surface area contributed by atoms with Crippen molar-refractivity contribution in [1.82, 2.24) is 0 Å². The monoisotopic (exact) mass is 414 g/mol. The van der Waals surface area contributed by atoms with Gasteiger partial charge in [0.25, 0.3) is 0 Å². The molecule has 6 atom stereocenters. The Morgan fingerprint density at radius 1 is 1.07 bits per heavy atom. The van der Waals surface area contributed by atoms with Crippen LogP contribution in [0.3, 0.4) is 0 Å². The second kappa shape index (κ2) is 7.08. The van der Waals surface area contributed by atoms with Gasteiger partial charge in [0.05, 0.1) is 11.7 Å². The van der Waals surface area contributed by atoms with Crippen molar-refractivity contribution in [2.45, 2.75) is 85.4 Å². The van der Waals surface area contributed by atoms with Crippen molar-refractivity contribution in [2.75, 3.05) is 0 Å². The van der Waals surface area contributed by atoms with E-state index in [4.69, 9.17) is 14.2 Å². The number of esters is 2. The Balaban J connectivity index is 1.72. The quantitative estimate of drug-likeness (QED) is 0.390. The van der Waals surface area contributed by atoms with Gasteiger partial charge in [-0.25, -0.2) is 0 Å². The number of benzene rings is 1. The number of ether oxygens (including phenoxy) is 3. The third-order valence-electron chi connectivity index (χ3n) is 8.70. The van der Waals surface area contributed by atoms with Crippen LogP contribution in [0.4, 0.5) is 0 Å². The molecule has 1 saturated heterocycles. The molecule has 0 bridgehead atoms. The zero-order chi connectivity index (χ0) is 21.9. The van der Waals surface area contributed by atoms with Crippen molar-refractivity contribution < 1.29 is 23.8 Å². The van der Waals surface area contributed by atoms with Gasteiger partial charge in [0.15, 0.2) is 0 Å². The minimum absolute atomic E-state index is 0.0182. The van der Waals surface area contributed by atoms with Gasteiger partial charge < -0.3 is 14.2 Å². The Kier molecular flexibility index (Phi) is 5.04. The summed E-state index contributed by atoms with van der Waals surface area (Å²) in [4.78, 5) is 23.2. The van der Waals surface area contributed by atoms with E-state index in [0.29, 0.717) is 29.4 Å². The second-order valence-electron chi connectivity index (χ2n) is 10.3. The van der Waals surface area contributed by atoms with E-state index < -0.39 is 0 Å². The highest BCUT2D eigenvalue weighted by Crippen LogP contribution is 2.70. The van der Waals surface area contributed by atoms with Gasteiger partial charge in [-0.15, -0.1) is 0 Å². The summed E-state index contributed by atoms with van der Waals surface area (Å²) in [5, 5.41) is 0. The van der Waals surface area contributed by atoms with Gasteiger partial charge in [-0.1, -0.05) is 20.8 Å². The van der Waals surface area contributed by atoms with Crippen molar-refractivity contribution in [1.29, 1.82) is 0 Å². The number of fused-ring (bicyclic) bond motifs is 3. The van der Waals surface area contributed by atoms with E-state index in [0.717, 1.165) is 31.2 Å². The average Bonchev–Trinajstić information content (AvgIpc) is 3.33. The topological polar surface area (TPSA) is 65.1 Å². The molecule has 3 fully saturated rings. The number of rotatable bonds is 4. The first-order chi connectivity index (χ1) is 14.0. The molecule has 30 heavy (non-hydrogen) atoms. The fourth-order valence-corrected chi connectivity index (χ4v) is 6.64. The van der Waals surface area contributed by atoms with Gasteiger partial charge in [0.1, 0.15) is 11.5 Å². The van der Waals surface area contributed by atoms with Crippen LogP contribution in [0.15, 0.2) is 18.2 Å². The summed E-state index contributed by atoms with van der Waals surface area (Å²) in [7, 11) is 0. The fourth-order valence-electron chi connectivity index (χ4n) is 6.64. The van der Waals surface area contributed by atoms with Crippen molar-refractivity contribution in [3.63, 3.8) is 0 Å². The molecule has 1 heterocycles. The smallest absolute Gasteiger partial charge is 0.308 e. The molecule has 5 nitrogen and oxygen atoms in total. The molecule has 1 aromatic rings. The van der Waals surface area contributed by atoms with Gasteiger partial charge in [0.2, 0.25) is 0 Å². The molecule has 0 amide bonds. The first-order valence-corrected chi connectivity index (χ1v) is 11.2. The largest absolute Gasteiger partial charge is 0.427 e. The van der Waals surface area contributed by atoms with Gasteiger partial charge >= 0.3 is 11.9 Å². The summed E-state index contributed by atoms with van der Waals surface area (Å²) in [5.41, 5.74) is 1.07. The lowest BCUT2D eigenvalue weighted by Crippen LogP contribution is -2.56. The SMILES string of the molecule is CC(=O)Oc1ccc(OC(C)=O)c(C[C@]2(C)[C@H](C)CC[C@]3(C)[C@@H]2CC[C@H]2O[C@@]23C)c1. The normalized spacial score (nSPS) is 39.5. The van der Waals surface area contributed by atoms with Gasteiger partial charge in [-0.05, 0) is 80.0 Å². The van der Waals surface area contributed by atoms with E-state index in [9.17, 15) is 9.59 Å². The first-order valence-electron chi connectivity index (χ1n) is 11.2. The van der Waals surface area contributed by atoms with E-state index in [1.165, 1.54) is 20.3 Å². The summed E-state index contributed by atoms with van der Waals surface area (Å²) in [6.45, 7) is 12.3. The van der Waals surface area contributed by atoms with Crippen LogP contribution in [0.5, 0.6) is 11.5 Å². The molecular formula is C25H34O5. The molecular weight excluding hydrogens is 380 g/mol. The highest BCUT2D eigenvalue weighted by molar-refractivity contribution is 5.71. The molecule has 0 unspecified atom stereocenters. The zero-order valence-corrected chi connectivity index (χ0v) is 19.0. The van der Waals surface area contributed by atoms with Crippen LogP contribution < -0.4 is 9.47 Å². The predicted octanol–water partition coefficient (Wildman–Crippen LogP) is 5.09. The number of hydrogen-bond donors (Lipinski definition) is 0. The summed E-state index contributed by atoms with van der Waals surface area (Å²) >= 11 is 0. The lowest BCUT2D eigenvalue weighted by Gasteiger charge is -2.59. The number of hydrogen-bond acceptors (Lipinski definition) is 5. The summed E-state index contributed by atoms with van der Waals surface area (Å²) in [6, 6.07) is 5.29. The van der Waals surface area contributed by atoms with Crippen molar-refractivity contribution in [3.8, 4) is 11.5 Å². The first kappa shape index (κ1) is 21.4. The molecule has 5 heteroatoms. The summed E-state index contributed by atoms with van der Waals surface area (Å²) in [6.07, 6.45) is 5.79. The van der Waals surface area contributed by atoms with Crippen molar-refractivity contribution in [3.05, 3.63) is 23.8 Å². The predicted molar refractivity (Wildman–Crippen MR) is 113 cm³/mol. The Morgan fingerprint density at radius 3 is 2.43 bits per heavy atom. The summed E-state index contributed by atoms with van der Waals surface area (Å²) < 4.78 is 17.1. The summed E-state index contributed by atoms with van der Waals surface area (Å²) in [5.74, 6) is 1.38. The van der Waals surface area contributed by atoms with E-state index in [2.05, 4.69) is 27.7 Å². The lowest BCUT2D eigenvalue weighted by molar-refractivity contribution is -0.133. The Labute approximate surface area is 179 Å². The molecule has 0 aromatic heterocycles. The fraction of sp³-hybridized carbons (Fsp3) is 0.680. The molecule has 2 aliphatic carbocycles. The van der Waals surface area contributed by atoms with Crippen LogP contribution in [0.1, 0.15) is 72.8 Å². The molecule has 0 radical (unpaired) electrons. The van der Waals surface area contributed by atoms with Crippen LogP contribution in [-0.4, -0.2) is 23.6 Å². The molecule has 0 N–H and O–H groups in total. The van der Waals surface area contributed by atoms with E-state index in [1.54, 1.807) is 12.1 Å². The van der Waals surface area contributed by atoms with Crippen LogP contribution in [0.2, 0.25) is 0 Å². The second-order valence-corrected chi connectivity index (χ2v) is 10.3.